The molecule has 1 heterocycles. The number of amides is 1. The van der Waals surface area contributed by atoms with E-state index in [0.29, 0.717) is 33.5 Å². The summed E-state index contributed by atoms with van der Waals surface area (Å²) in [6, 6.07) is 7.20. The molecule has 6 nitrogen and oxygen atoms in total. The minimum Gasteiger partial charge on any atom is -0.497 e. The monoisotopic (exact) mass is 415 g/mol. The molecule has 146 valence electrons. The summed E-state index contributed by atoms with van der Waals surface area (Å²) in [6.07, 6.45) is 2.95. The number of methoxy groups -OCH3 is 2. The zero-order valence-electron chi connectivity index (χ0n) is 15.9. The Hall–Kier alpha value is -2.63. The van der Waals surface area contributed by atoms with E-state index in [4.69, 9.17) is 21.7 Å². The number of carbonyl (C=O) groups is 1. The second-order valence-corrected chi connectivity index (χ2v) is 8.16. The van der Waals surface area contributed by atoms with E-state index in [1.807, 2.05) is 0 Å². The predicted octanol–water partition coefficient (Wildman–Crippen LogP) is 3.89. The van der Waals surface area contributed by atoms with E-state index in [-0.39, 0.29) is 5.11 Å². The molecule has 0 bridgehead atoms. The van der Waals surface area contributed by atoms with Crippen LogP contribution in [0, 0.1) is 17.2 Å². The quantitative estimate of drug-likeness (QED) is 0.737. The fraction of sp³-hybridized carbons (Fsp3) is 0.350. The summed E-state index contributed by atoms with van der Waals surface area (Å²) in [5.74, 6) is 1.19. The molecule has 1 aliphatic carbocycles. The van der Waals surface area contributed by atoms with Crippen molar-refractivity contribution >= 4 is 39.6 Å². The molecule has 0 saturated heterocycles. The molecule has 2 aromatic rings. The first-order chi connectivity index (χ1) is 13.5. The van der Waals surface area contributed by atoms with Crippen molar-refractivity contribution in [3.63, 3.8) is 0 Å². The number of rotatable bonds is 4. The predicted molar refractivity (Wildman–Crippen MR) is 113 cm³/mol. The second-order valence-electron chi connectivity index (χ2n) is 6.64. The average molecular weight is 416 g/mol. The maximum atomic E-state index is 12.6. The molecule has 3 rings (SSSR count). The second kappa shape index (κ2) is 8.59. The molecule has 28 heavy (non-hydrogen) atoms. The molecular formula is C20H21N3O3S2. The maximum Gasteiger partial charge on any atom is 0.261 e. The van der Waals surface area contributed by atoms with E-state index >= 15 is 0 Å². The first-order valence-electron chi connectivity index (χ1n) is 8.85. The molecule has 1 aromatic carbocycles. The van der Waals surface area contributed by atoms with Crippen LogP contribution in [0.3, 0.4) is 0 Å². The van der Waals surface area contributed by atoms with Crippen molar-refractivity contribution < 1.29 is 14.3 Å². The Kier molecular flexibility index (Phi) is 6.17. The van der Waals surface area contributed by atoms with Crippen LogP contribution in [0.5, 0.6) is 11.5 Å². The molecule has 0 aliphatic heterocycles. The Morgan fingerprint density at radius 1 is 1.36 bits per heavy atom. The fourth-order valence-corrected chi connectivity index (χ4v) is 4.87. The molecule has 0 fully saturated rings. The number of thiophene rings is 1. The molecule has 2 N–H and O–H groups in total. The van der Waals surface area contributed by atoms with Crippen LogP contribution in [0.4, 0.5) is 5.00 Å². The van der Waals surface area contributed by atoms with Gasteiger partial charge in [0.05, 0.1) is 25.3 Å². The Balaban J connectivity index is 1.75. The van der Waals surface area contributed by atoms with Gasteiger partial charge in [0.1, 0.15) is 22.6 Å². The highest BCUT2D eigenvalue weighted by molar-refractivity contribution is 7.80. The number of hydrogen-bond donors (Lipinski definition) is 2. The highest BCUT2D eigenvalue weighted by atomic mass is 32.1. The number of carbonyl (C=O) groups excluding carboxylic acids is 1. The molecule has 1 amide bonds. The number of anilines is 1. The molecule has 0 spiro atoms. The number of nitrogens with zero attached hydrogens (tertiary/aromatic N) is 1. The SMILES string of the molecule is COc1ccc(C(=O)NC(=S)Nc2sc3c(c2C#N)CCC(C)C3)c(OC)c1. The molecule has 1 unspecified atom stereocenters. The van der Waals surface area contributed by atoms with Crippen LogP contribution in [0.15, 0.2) is 18.2 Å². The van der Waals surface area contributed by atoms with E-state index in [0.717, 1.165) is 24.8 Å². The molecule has 1 atom stereocenters. The summed E-state index contributed by atoms with van der Waals surface area (Å²) in [4.78, 5) is 13.8. The lowest BCUT2D eigenvalue weighted by Crippen LogP contribution is -2.34. The molecule has 1 aromatic heterocycles. The van der Waals surface area contributed by atoms with Gasteiger partial charge in [0, 0.05) is 10.9 Å². The van der Waals surface area contributed by atoms with E-state index in [2.05, 4.69) is 23.6 Å². The Morgan fingerprint density at radius 2 is 2.14 bits per heavy atom. The lowest BCUT2D eigenvalue weighted by atomic mass is 9.89. The summed E-state index contributed by atoms with van der Waals surface area (Å²) in [7, 11) is 3.03. The van der Waals surface area contributed by atoms with Crippen molar-refractivity contribution in [1.82, 2.24) is 5.32 Å². The first-order valence-corrected chi connectivity index (χ1v) is 10.1. The third-order valence-corrected chi connectivity index (χ3v) is 6.10. The summed E-state index contributed by atoms with van der Waals surface area (Å²) < 4.78 is 10.4. The lowest BCUT2D eigenvalue weighted by molar-refractivity contribution is 0.0974. The van der Waals surface area contributed by atoms with Crippen LogP contribution in [-0.2, 0) is 12.8 Å². The van der Waals surface area contributed by atoms with E-state index in [1.165, 1.54) is 12.0 Å². The Labute approximate surface area is 173 Å². The summed E-state index contributed by atoms with van der Waals surface area (Å²) in [5.41, 5.74) is 2.08. The van der Waals surface area contributed by atoms with Crippen molar-refractivity contribution in [1.29, 1.82) is 5.26 Å². The van der Waals surface area contributed by atoms with Crippen LogP contribution >= 0.6 is 23.6 Å². The van der Waals surface area contributed by atoms with Crippen molar-refractivity contribution in [3.8, 4) is 17.6 Å². The first kappa shape index (κ1) is 20.1. The van der Waals surface area contributed by atoms with Gasteiger partial charge in [-0.15, -0.1) is 11.3 Å². The normalized spacial score (nSPS) is 15.1. The van der Waals surface area contributed by atoms with Gasteiger partial charge in [-0.25, -0.2) is 0 Å². The third-order valence-electron chi connectivity index (χ3n) is 4.73. The van der Waals surface area contributed by atoms with E-state index in [1.54, 1.807) is 36.6 Å². The van der Waals surface area contributed by atoms with Gasteiger partial charge in [-0.1, -0.05) is 6.92 Å². The summed E-state index contributed by atoms with van der Waals surface area (Å²) in [5, 5.41) is 16.1. The molecule has 8 heteroatoms. The van der Waals surface area contributed by atoms with Crippen molar-refractivity contribution in [2.45, 2.75) is 26.2 Å². The number of hydrogen-bond acceptors (Lipinski definition) is 6. The zero-order chi connectivity index (χ0) is 20.3. The molecule has 0 radical (unpaired) electrons. The zero-order valence-corrected chi connectivity index (χ0v) is 17.6. The van der Waals surface area contributed by atoms with Gasteiger partial charge in [0.25, 0.3) is 5.91 Å². The van der Waals surface area contributed by atoms with Crippen LogP contribution in [0.2, 0.25) is 0 Å². The number of ether oxygens (including phenoxy) is 2. The molecule has 0 saturated carbocycles. The summed E-state index contributed by atoms with van der Waals surface area (Å²) in [6.45, 7) is 2.22. The van der Waals surface area contributed by atoms with Gasteiger partial charge in [-0.05, 0) is 55.1 Å². The van der Waals surface area contributed by atoms with Gasteiger partial charge in [0.2, 0.25) is 0 Å². The number of thiocarbonyl (C=S) groups is 1. The minimum atomic E-state index is -0.398. The smallest absolute Gasteiger partial charge is 0.261 e. The van der Waals surface area contributed by atoms with Gasteiger partial charge >= 0.3 is 0 Å². The number of fused-ring (bicyclic) bond motifs is 1. The standard InChI is InChI=1S/C20H21N3O3S2/c1-11-4-6-13-15(10-21)19(28-17(13)8-11)23-20(27)22-18(24)14-7-5-12(25-2)9-16(14)26-3/h5,7,9,11H,4,6,8H2,1-3H3,(H2,22,23,24,27). The average Bonchev–Trinajstić information content (AvgIpc) is 3.02. The van der Waals surface area contributed by atoms with Crippen molar-refractivity contribution in [2.75, 3.05) is 19.5 Å². The topological polar surface area (TPSA) is 83.4 Å². The minimum absolute atomic E-state index is 0.144. The van der Waals surface area contributed by atoms with Crippen LogP contribution < -0.4 is 20.1 Å². The van der Waals surface area contributed by atoms with Crippen molar-refractivity contribution in [2.24, 2.45) is 5.92 Å². The highest BCUT2D eigenvalue weighted by Gasteiger charge is 2.24. The number of nitriles is 1. The lowest BCUT2D eigenvalue weighted by Gasteiger charge is -2.17. The van der Waals surface area contributed by atoms with E-state index < -0.39 is 5.91 Å². The number of benzene rings is 1. The van der Waals surface area contributed by atoms with Crippen LogP contribution in [0.1, 0.15) is 39.7 Å². The number of nitrogens with one attached hydrogen (secondary N) is 2. The largest absolute Gasteiger partial charge is 0.497 e. The van der Waals surface area contributed by atoms with Gasteiger partial charge in [0.15, 0.2) is 5.11 Å². The van der Waals surface area contributed by atoms with Crippen LogP contribution in [-0.4, -0.2) is 25.2 Å². The Bertz CT molecular complexity index is 962. The molecule has 1 aliphatic rings. The van der Waals surface area contributed by atoms with Gasteiger partial charge < -0.3 is 14.8 Å². The molecular weight excluding hydrogens is 394 g/mol. The Morgan fingerprint density at radius 3 is 2.82 bits per heavy atom. The van der Waals surface area contributed by atoms with Gasteiger partial charge in [-0.2, -0.15) is 5.26 Å². The third kappa shape index (κ3) is 4.11. The maximum absolute atomic E-state index is 12.6. The van der Waals surface area contributed by atoms with Gasteiger partial charge in [-0.3, -0.25) is 10.1 Å². The van der Waals surface area contributed by atoms with E-state index in [9.17, 15) is 10.1 Å². The summed E-state index contributed by atoms with van der Waals surface area (Å²) >= 11 is 6.84. The van der Waals surface area contributed by atoms with Crippen LogP contribution in [0.25, 0.3) is 0 Å². The van der Waals surface area contributed by atoms with Crippen molar-refractivity contribution in [3.05, 3.63) is 39.8 Å². The highest BCUT2D eigenvalue weighted by Crippen LogP contribution is 2.39. The fourth-order valence-electron chi connectivity index (χ4n) is 3.25.